The smallest absolute Gasteiger partial charge is 0.189 e. The minimum atomic E-state index is 0.0564. The summed E-state index contributed by atoms with van der Waals surface area (Å²) < 4.78 is 5.04. The number of pyridine rings is 1. The average molecular weight is 245 g/mol. The van der Waals surface area contributed by atoms with Gasteiger partial charge in [-0.05, 0) is 30.0 Å². The molecule has 1 heterocycles. The number of hydrogen-bond acceptors (Lipinski definition) is 2. The quantitative estimate of drug-likeness (QED) is 0.898. The highest BCUT2D eigenvalue weighted by molar-refractivity contribution is 5.79. The van der Waals surface area contributed by atoms with Gasteiger partial charge in [0.25, 0.3) is 0 Å². The van der Waals surface area contributed by atoms with E-state index in [0.717, 1.165) is 23.0 Å². The van der Waals surface area contributed by atoms with Crippen molar-refractivity contribution >= 4 is 10.9 Å². The highest BCUT2D eigenvalue weighted by Crippen LogP contribution is 2.21. The topological polar surface area (TPSA) is 42.1 Å². The maximum atomic E-state index is 12.1. The van der Waals surface area contributed by atoms with E-state index in [1.807, 2.05) is 12.1 Å². The lowest BCUT2D eigenvalue weighted by atomic mass is 9.97. The predicted molar refractivity (Wildman–Crippen MR) is 74.0 cm³/mol. The third-order valence-electron chi connectivity index (χ3n) is 3.39. The number of rotatable bonds is 4. The maximum Gasteiger partial charge on any atom is 0.189 e. The van der Waals surface area contributed by atoms with Crippen LogP contribution in [0.5, 0.6) is 0 Å². The highest BCUT2D eigenvalue weighted by Gasteiger charge is 2.07. The molecule has 0 amide bonds. The van der Waals surface area contributed by atoms with Gasteiger partial charge in [0.2, 0.25) is 0 Å². The largest absolute Gasteiger partial charge is 0.378 e. The van der Waals surface area contributed by atoms with Gasteiger partial charge in [-0.15, -0.1) is 0 Å². The van der Waals surface area contributed by atoms with Gasteiger partial charge in [0.15, 0.2) is 5.43 Å². The van der Waals surface area contributed by atoms with Crippen molar-refractivity contribution in [1.82, 2.24) is 4.98 Å². The van der Waals surface area contributed by atoms with Crippen LogP contribution < -0.4 is 5.43 Å². The van der Waals surface area contributed by atoms with Gasteiger partial charge >= 0.3 is 0 Å². The Morgan fingerprint density at radius 3 is 2.78 bits per heavy atom. The van der Waals surface area contributed by atoms with Gasteiger partial charge in [-0.1, -0.05) is 19.9 Å². The lowest BCUT2D eigenvalue weighted by Crippen LogP contribution is -2.06. The lowest BCUT2D eigenvalue weighted by Gasteiger charge is -2.10. The third kappa shape index (κ3) is 2.46. The molecule has 18 heavy (non-hydrogen) atoms. The van der Waals surface area contributed by atoms with Crippen molar-refractivity contribution in [2.75, 3.05) is 7.11 Å². The lowest BCUT2D eigenvalue weighted by molar-refractivity contribution is 0.181. The SMILES string of the molecule is CCC(C)c1ccc2[nH]c(COC)cc(=O)c2c1. The van der Waals surface area contributed by atoms with Gasteiger partial charge < -0.3 is 9.72 Å². The second-order valence-electron chi connectivity index (χ2n) is 4.71. The van der Waals surface area contributed by atoms with E-state index >= 15 is 0 Å². The first-order valence-corrected chi connectivity index (χ1v) is 6.30. The van der Waals surface area contributed by atoms with Gasteiger partial charge in [0.05, 0.1) is 6.61 Å². The van der Waals surface area contributed by atoms with Gasteiger partial charge in [0, 0.05) is 29.8 Å². The molecule has 0 aliphatic carbocycles. The monoisotopic (exact) mass is 245 g/mol. The van der Waals surface area contributed by atoms with E-state index in [-0.39, 0.29) is 5.43 Å². The van der Waals surface area contributed by atoms with Crippen LogP contribution in [-0.2, 0) is 11.3 Å². The minimum Gasteiger partial charge on any atom is -0.378 e. The molecule has 0 radical (unpaired) electrons. The Morgan fingerprint density at radius 1 is 1.33 bits per heavy atom. The van der Waals surface area contributed by atoms with Crippen molar-refractivity contribution in [3.8, 4) is 0 Å². The fourth-order valence-electron chi connectivity index (χ4n) is 2.10. The fraction of sp³-hybridized carbons (Fsp3) is 0.400. The number of methoxy groups -OCH3 is 1. The summed E-state index contributed by atoms with van der Waals surface area (Å²) in [5.41, 5.74) is 2.96. The molecular weight excluding hydrogens is 226 g/mol. The second kappa shape index (κ2) is 5.36. The first kappa shape index (κ1) is 12.8. The fourth-order valence-corrected chi connectivity index (χ4v) is 2.10. The molecule has 0 saturated carbocycles. The molecule has 1 N–H and O–H groups in total. The third-order valence-corrected chi connectivity index (χ3v) is 3.39. The van der Waals surface area contributed by atoms with Crippen LogP contribution in [0.3, 0.4) is 0 Å². The van der Waals surface area contributed by atoms with Crippen LogP contribution in [0.4, 0.5) is 0 Å². The van der Waals surface area contributed by atoms with Gasteiger partial charge in [-0.3, -0.25) is 4.79 Å². The molecule has 2 aromatic rings. The van der Waals surface area contributed by atoms with Crippen molar-refractivity contribution in [1.29, 1.82) is 0 Å². The summed E-state index contributed by atoms with van der Waals surface area (Å²) in [4.78, 5) is 15.3. The number of nitrogens with one attached hydrogen (secondary N) is 1. The van der Waals surface area contributed by atoms with Crippen molar-refractivity contribution in [3.05, 3.63) is 45.7 Å². The number of aromatic nitrogens is 1. The summed E-state index contributed by atoms with van der Waals surface area (Å²) in [6.45, 7) is 4.76. The Kier molecular flexibility index (Phi) is 3.82. The zero-order valence-corrected chi connectivity index (χ0v) is 11.1. The molecule has 0 aliphatic heterocycles. The second-order valence-corrected chi connectivity index (χ2v) is 4.71. The van der Waals surface area contributed by atoms with Crippen LogP contribution in [0, 0.1) is 0 Å². The van der Waals surface area contributed by atoms with Crippen molar-refractivity contribution in [2.24, 2.45) is 0 Å². The molecule has 0 aliphatic rings. The van der Waals surface area contributed by atoms with E-state index in [1.165, 1.54) is 5.56 Å². The summed E-state index contributed by atoms with van der Waals surface area (Å²) in [5, 5.41) is 0.757. The van der Waals surface area contributed by atoms with Gasteiger partial charge in [-0.25, -0.2) is 0 Å². The molecule has 0 bridgehead atoms. The number of benzene rings is 1. The molecule has 3 heteroatoms. The van der Waals surface area contributed by atoms with E-state index < -0.39 is 0 Å². The molecule has 0 fully saturated rings. The molecule has 3 nitrogen and oxygen atoms in total. The molecule has 1 aromatic carbocycles. The molecule has 1 unspecified atom stereocenters. The number of H-pyrrole nitrogens is 1. The summed E-state index contributed by atoms with van der Waals surface area (Å²) in [5.74, 6) is 0.479. The predicted octanol–water partition coefficient (Wildman–Crippen LogP) is 3.19. The Morgan fingerprint density at radius 2 is 2.11 bits per heavy atom. The van der Waals surface area contributed by atoms with Gasteiger partial charge in [-0.2, -0.15) is 0 Å². The average Bonchev–Trinajstić information content (AvgIpc) is 2.38. The number of ether oxygens (including phenoxy) is 1. The first-order chi connectivity index (χ1) is 8.65. The number of hydrogen-bond donors (Lipinski definition) is 1. The van der Waals surface area contributed by atoms with Crippen molar-refractivity contribution in [3.63, 3.8) is 0 Å². The minimum absolute atomic E-state index is 0.0564. The normalized spacial score (nSPS) is 12.8. The van der Waals surface area contributed by atoms with E-state index in [1.54, 1.807) is 13.2 Å². The number of fused-ring (bicyclic) bond motifs is 1. The van der Waals surface area contributed by atoms with E-state index in [2.05, 4.69) is 24.9 Å². The maximum absolute atomic E-state index is 12.1. The van der Waals surface area contributed by atoms with E-state index in [0.29, 0.717) is 12.5 Å². The first-order valence-electron chi connectivity index (χ1n) is 6.30. The molecule has 96 valence electrons. The Hall–Kier alpha value is -1.61. The van der Waals surface area contributed by atoms with E-state index in [4.69, 9.17) is 4.74 Å². The van der Waals surface area contributed by atoms with Gasteiger partial charge in [0.1, 0.15) is 0 Å². The van der Waals surface area contributed by atoms with Crippen LogP contribution >= 0.6 is 0 Å². The Balaban J connectivity index is 2.54. The zero-order chi connectivity index (χ0) is 13.1. The van der Waals surface area contributed by atoms with Crippen molar-refractivity contribution in [2.45, 2.75) is 32.8 Å². The molecule has 0 spiro atoms. The highest BCUT2D eigenvalue weighted by atomic mass is 16.5. The van der Waals surface area contributed by atoms with Crippen LogP contribution in [0.1, 0.15) is 37.4 Å². The Bertz CT molecular complexity index is 601. The number of aromatic amines is 1. The molecule has 2 rings (SSSR count). The van der Waals surface area contributed by atoms with Crippen molar-refractivity contribution < 1.29 is 4.74 Å². The van der Waals surface area contributed by atoms with Crippen LogP contribution in [0.25, 0.3) is 10.9 Å². The van der Waals surface area contributed by atoms with Crippen LogP contribution in [0.15, 0.2) is 29.1 Å². The van der Waals surface area contributed by atoms with Crippen LogP contribution in [0.2, 0.25) is 0 Å². The standard InChI is InChI=1S/C15H19NO2/c1-4-10(2)11-5-6-14-13(7-11)15(17)8-12(16-14)9-18-3/h5-8,10H,4,9H2,1-3H3,(H,16,17). The molecule has 1 atom stereocenters. The molecular formula is C15H19NO2. The summed E-state index contributed by atoms with van der Waals surface area (Å²) in [7, 11) is 1.62. The summed E-state index contributed by atoms with van der Waals surface area (Å²) in [6.07, 6.45) is 1.07. The zero-order valence-electron chi connectivity index (χ0n) is 11.1. The Labute approximate surface area is 107 Å². The summed E-state index contributed by atoms with van der Waals surface area (Å²) in [6, 6.07) is 7.69. The molecule has 0 saturated heterocycles. The molecule has 1 aromatic heterocycles. The summed E-state index contributed by atoms with van der Waals surface area (Å²) >= 11 is 0. The van der Waals surface area contributed by atoms with E-state index in [9.17, 15) is 4.79 Å². The van der Waals surface area contributed by atoms with Crippen LogP contribution in [-0.4, -0.2) is 12.1 Å².